The summed E-state index contributed by atoms with van der Waals surface area (Å²) in [5.74, 6) is 0.325. The van der Waals surface area contributed by atoms with Crippen molar-refractivity contribution in [3.05, 3.63) is 24.2 Å². The van der Waals surface area contributed by atoms with Crippen LogP contribution in [-0.4, -0.2) is 33.7 Å². The monoisotopic (exact) mass is 295 g/mol. The molecule has 21 heavy (non-hydrogen) atoms. The van der Waals surface area contributed by atoms with E-state index in [0.717, 1.165) is 12.8 Å². The summed E-state index contributed by atoms with van der Waals surface area (Å²) < 4.78 is 10.8. The van der Waals surface area contributed by atoms with Gasteiger partial charge >= 0.3 is 6.09 Å². The fraction of sp³-hybridized carbons (Fsp3) is 0.571. The Kier molecular flexibility index (Phi) is 4.11. The lowest BCUT2D eigenvalue weighted by atomic mass is 10.1. The molecule has 1 aromatic heterocycles. The maximum atomic E-state index is 12.5. The average molecular weight is 295 g/mol. The van der Waals surface area contributed by atoms with E-state index in [1.165, 1.54) is 11.2 Å². The Morgan fingerprint density at radius 1 is 1.57 bits per heavy atom. The molecule has 1 aliphatic rings. The Labute approximate surface area is 123 Å². The van der Waals surface area contributed by atoms with Gasteiger partial charge in [0.2, 0.25) is 0 Å². The van der Waals surface area contributed by atoms with Gasteiger partial charge in [0.05, 0.1) is 6.26 Å². The van der Waals surface area contributed by atoms with Crippen LogP contribution in [0.15, 0.2) is 28.0 Å². The molecule has 0 radical (unpaired) electrons. The van der Waals surface area contributed by atoms with Crippen molar-refractivity contribution in [2.45, 2.75) is 51.3 Å². The second-order valence-corrected chi connectivity index (χ2v) is 6.06. The third-order valence-electron chi connectivity index (χ3n) is 3.03. The number of nitrogens with zero attached hydrogens (tertiary/aromatic N) is 2. The predicted molar refractivity (Wildman–Crippen MR) is 76.0 cm³/mol. The van der Waals surface area contributed by atoms with Crippen molar-refractivity contribution >= 4 is 11.9 Å². The SMILES string of the molecule is CC(C)(C)OC(=O)N(C1CC1)[C@H](C(N)=NO)c1ccco1. The summed E-state index contributed by atoms with van der Waals surface area (Å²) in [6.07, 6.45) is 2.69. The maximum absolute atomic E-state index is 12.5. The highest BCUT2D eigenvalue weighted by molar-refractivity contribution is 5.89. The number of nitrogens with two attached hydrogens (primary N) is 1. The molecule has 1 aliphatic carbocycles. The van der Waals surface area contributed by atoms with E-state index >= 15 is 0 Å². The molecule has 1 atom stereocenters. The number of furan rings is 1. The van der Waals surface area contributed by atoms with Gasteiger partial charge in [0.15, 0.2) is 11.9 Å². The van der Waals surface area contributed by atoms with E-state index in [1.54, 1.807) is 32.9 Å². The topological polar surface area (TPSA) is 101 Å². The van der Waals surface area contributed by atoms with Crippen LogP contribution in [0.2, 0.25) is 0 Å². The largest absolute Gasteiger partial charge is 0.467 e. The Balaban J connectivity index is 2.31. The lowest BCUT2D eigenvalue weighted by Crippen LogP contribution is -2.45. The molecule has 3 N–H and O–H groups in total. The molecule has 1 saturated carbocycles. The number of carbonyl (C=O) groups excluding carboxylic acids is 1. The first-order valence-electron chi connectivity index (χ1n) is 6.85. The molecule has 2 rings (SSSR count). The van der Waals surface area contributed by atoms with E-state index in [9.17, 15) is 4.79 Å². The summed E-state index contributed by atoms with van der Waals surface area (Å²) in [6, 6.07) is 2.61. The molecule has 7 nitrogen and oxygen atoms in total. The quantitative estimate of drug-likeness (QED) is 0.384. The molecule has 1 heterocycles. The van der Waals surface area contributed by atoms with E-state index in [4.69, 9.17) is 20.1 Å². The van der Waals surface area contributed by atoms with E-state index in [0.29, 0.717) is 5.76 Å². The lowest BCUT2D eigenvalue weighted by molar-refractivity contribution is 0.0174. The second-order valence-electron chi connectivity index (χ2n) is 6.06. The first kappa shape index (κ1) is 15.2. The molecule has 1 fully saturated rings. The van der Waals surface area contributed by atoms with Gasteiger partial charge in [-0.3, -0.25) is 4.90 Å². The minimum atomic E-state index is -0.771. The second kappa shape index (κ2) is 5.67. The minimum Gasteiger partial charge on any atom is -0.467 e. The molecule has 0 spiro atoms. The third kappa shape index (κ3) is 3.68. The smallest absolute Gasteiger partial charge is 0.411 e. The molecule has 0 aliphatic heterocycles. The third-order valence-corrected chi connectivity index (χ3v) is 3.03. The standard InChI is InChI=1S/C14H21N3O4/c1-14(2,3)21-13(18)17(9-6-7-9)11(12(15)16-19)10-5-4-8-20-10/h4-5,8-9,11,19H,6-7H2,1-3H3,(H2,15,16)/t11-/m0/s1. The summed E-state index contributed by atoms with van der Waals surface area (Å²) in [6.45, 7) is 5.38. The lowest BCUT2D eigenvalue weighted by Gasteiger charge is -2.32. The van der Waals surface area contributed by atoms with Crippen molar-refractivity contribution in [2.24, 2.45) is 10.9 Å². The van der Waals surface area contributed by atoms with Gasteiger partial charge in [0, 0.05) is 6.04 Å². The molecule has 116 valence electrons. The van der Waals surface area contributed by atoms with E-state index in [1.807, 2.05) is 0 Å². The highest BCUT2D eigenvalue weighted by Crippen LogP contribution is 2.36. The number of amidine groups is 1. The summed E-state index contributed by atoms with van der Waals surface area (Å²) in [7, 11) is 0. The van der Waals surface area contributed by atoms with Gasteiger partial charge in [0.1, 0.15) is 11.4 Å². The van der Waals surface area contributed by atoms with Gasteiger partial charge in [-0.15, -0.1) is 0 Å². The van der Waals surface area contributed by atoms with Gasteiger partial charge in [-0.2, -0.15) is 0 Å². The molecular weight excluding hydrogens is 274 g/mol. The van der Waals surface area contributed by atoms with Crippen molar-refractivity contribution < 1.29 is 19.2 Å². The predicted octanol–water partition coefficient (Wildman–Crippen LogP) is 2.47. The van der Waals surface area contributed by atoms with Crippen LogP contribution in [0, 0.1) is 0 Å². The van der Waals surface area contributed by atoms with Gasteiger partial charge in [-0.05, 0) is 45.7 Å². The van der Waals surface area contributed by atoms with Crippen LogP contribution in [-0.2, 0) is 4.74 Å². The summed E-state index contributed by atoms with van der Waals surface area (Å²) >= 11 is 0. The van der Waals surface area contributed by atoms with Crippen LogP contribution in [0.3, 0.4) is 0 Å². The van der Waals surface area contributed by atoms with Gasteiger partial charge in [-0.25, -0.2) is 4.79 Å². The summed E-state index contributed by atoms with van der Waals surface area (Å²) in [4.78, 5) is 14.0. The highest BCUT2D eigenvalue weighted by atomic mass is 16.6. The van der Waals surface area contributed by atoms with Crippen molar-refractivity contribution in [1.82, 2.24) is 4.90 Å². The Morgan fingerprint density at radius 2 is 2.24 bits per heavy atom. The Bertz CT molecular complexity index is 515. The van der Waals surface area contributed by atoms with Crippen molar-refractivity contribution in [2.75, 3.05) is 0 Å². The van der Waals surface area contributed by atoms with E-state index in [-0.39, 0.29) is 11.9 Å². The molecule has 0 unspecified atom stereocenters. The zero-order chi connectivity index (χ0) is 15.6. The van der Waals surface area contributed by atoms with Gasteiger partial charge < -0.3 is 20.1 Å². The van der Waals surface area contributed by atoms with E-state index in [2.05, 4.69) is 5.16 Å². The molecule has 1 amide bonds. The number of rotatable bonds is 4. The number of hydrogen-bond donors (Lipinski definition) is 2. The molecule has 0 bridgehead atoms. The van der Waals surface area contributed by atoms with Crippen LogP contribution in [0.25, 0.3) is 0 Å². The van der Waals surface area contributed by atoms with Crippen LogP contribution in [0.4, 0.5) is 4.79 Å². The number of ether oxygens (including phenoxy) is 1. The maximum Gasteiger partial charge on any atom is 0.411 e. The number of carbonyl (C=O) groups is 1. The van der Waals surface area contributed by atoms with Crippen molar-refractivity contribution in [3.63, 3.8) is 0 Å². The minimum absolute atomic E-state index is 0.00949. The average Bonchev–Trinajstić information content (AvgIpc) is 3.07. The normalized spacial score (nSPS) is 17.4. The number of oxime groups is 1. The molecule has 0 aromatic carbocycles. The zero-order valence-electron chi connectivity index (χ0n) is 12.4. The number of amides is 1. The fourth-order valence-corrected chi connectivity index (χ4v) is 2.06. The zero-order valence-corrected chi connectivity index (χ0v) is 12.4. The van der Waals surface area contributed by atoms with Crippen molar-refractivity contribution in [3.8, 4) is 0 Å². The molecule has 7 heteroatoms. The molecule has 0 saturated heterocycles. The summed E-state index contributed by atoms with van der Waals surface area (Å²) in [5, 5.41) is 12.1. The molecular formula is C14H21N3O4. The first-order chi connectivity index (χ1) is 9.83. The van der Waals surface area contributed by atoms with Crippen LogP contribution in [0.5, 0.6) is 0 Å². The first-order valence-corrected chi connectivity index (χ1v) is 6.85. The Hall–Kier alpha value is -2.18. The Morgan fingerprint density at radius 3 is 2.67 bits per heavy atom. The van der Waals surface area contributed by atoms with Gasteiger partial charge in [-0.1, -0.05) is 5.16 Å². The highest BCUT2D eigenvalue weighted by Gasteiger charge is 2.43. The van der Waals surface area contributed by atoms with Crippen LogP contribution < -0.4 is 5.73 Å². The van der Waals surface area contributed by atoms with Crippen LogP contribution in [0.1, 0.15) is 45.4 Å². The molecule has 1 aromatic rings. The fourth-order valence-electron chi connectivity index (χ4n) is 2.06. The number of hydrogen-bond acceptors (Lipinski definition) is 5. The summed E-state index contributed by atoms with van der Waals surface area (Å²) in [5.41, 5.74) is 5.15. The van der Waals surface area contributed by atoms with Crippen molar-refractivity contribution in [1.29, 1.82) is 0 Å². The van der Waals surface area contributed by atoms with Crippen LogP contribution >= 0.6 is 0 Å². The van der Waals surface area contributed by atoms with E-state index < -0.39 is 17.7 Å². The van der Waals surface area contributed by atoms with Gasteiger partial charge in [0.25, 0.3) is 0 Å².